The molecule has 1 heterocycles. The zero-order valence-electron chi connectivity index (χ0n) is 10.8. The van der Waals surface area contributed by atoms with Crippen molar-refractivity contribution in [2.45, 2.75) is 57.4 Å². The molecule has 2 saturated carbocycles. The Morgan fingerprint density at radius 2 is 2.17 bits per heavy atom. The molecule has 0 radical (unpaired) electrons. The molecule has 0 saturated heterocycles. The zero-order chi connectivity index (χ0) is 12.7. The summed E-state index contributed by atoms with van der Waals surface area (Å²) in [7, 11) is 0. The molecular formula is C13H20N4O. The highest BCUT2D eigenvalue weighted by Gasteiger charge is 2.35. The maximum Gasteiger partial charge on any atom is 0.223 e. The molecule has 3 rings (SSSR count). The van der Waals surface area contributed by atoms with Crippen molar-refractivity contribution >= 4 is 5.91 Å². The lowest BCUT2D eigenvalue weighted by Gasteiger charge is -2.32. The molecule has 1 unspecified atom stereocenters. The second-order valence-corrected chi connectivity index (χ2v) is 5.71. The van der Waals surface area contributed by atoms with E-state index in [0.717, 1.165) is 11.6 Å². The van der Waals surface area contributed by atoms with Gasteiger partial charge in [-0.2, -0.15) is 0 Å². The van der Waals surface area contributed by atoms with Gasteiger partial charge in [-0.1, -0.05) is 11.6 Å². The third kappa shape index (κ3) is 2.02. The fourth-order valence-electron chi connectivity index (χ4n) is 2.83. The highest BCUT2D eigenvalue weighted by Crippen LogP contribution is 2.44. The Balaban J connectivity index is 1.88. The number of nitrogens with two attached hydrogens (primary N) is 1. The van der Waals surface area contributed by atoms with E-state index in [1.807, 2.05) is 0 Å². The number of aromatic nitrogens is 3. The summed E-state index contributed by atoms with van der Waals surface area (Å²) in [6.07, 6.45) is 6.51. The number of amides is 1. The number of rotatable bonds is 5. The third-order valence-electron chi connectivity index (χ3n) is 4.33. The van der Waals surface area contributed by atoms with Gasteiger partial charge in [0.2, 0.25) is 5.91 Å². The molecule has 0 aromatic carbocycles. The second kappa shape index (κ2) is 4.37. The molecule has 18 heavy (non-hydrogen) atoms. The molecule has 2 N–H and O–H groups in total. The second-order valence-electron chi connectivity index (χ2n) is 5.71. The van der Waals surface area contributed by atoms with Crippen LogP contribution in [0.3, 0.4) is 0 Å². The summed E-state index contributed by atoms with van der Waals surface area (Å²) < 4.78 is 2.07. The van der Waals surface area contributed by atoms with Crippen LogP contribution in [-0.2, 0) is 11.2 Å². The first-order valence-electron chi connectivity index (χ1n) is 6.89. The van der Waals surface area contributed by atoms with Gasteiger partial charge in [-0.15, -0.1) is 5.10 Å². The van der Waals surface area contributed by atoms with Crippen LogP contribution in [0.5, 0.6) is 0 Å². The smallest absolute Gasteiger partial charge is 0.223 e. The predicted molar refractivity (Wildman–Crippen MR) is 66.9 cm³/mol. The maximum atomic E-state index is 11.1. The molecule has 0 spiro atoms. The number of nitrogens with zero attached hydrogens (tertiary/aromatic N) is 3. The molecule has 0 aliphatic heterocycles. The van der Waals surface area contributed by atoms with E-state index in [4.69, 9.17) is 5.73 Å². The third-order valence-corrected chi connectivity index (χ3v) is 4.33. The van der Waals surface area contributed by atoms with Gasteiger partial charge in [-0.25, -0.2) is 4.68 Å². The summed E-state index contributed by atoms with van der Waals surface area (Å²) in [5, 5.41) is 8.48. The largest absolute Gasteiger partial charge is 0.369 e. The monoisotopic (exact) mass is 248 g/mol. The van der Waals surface area contributed by atoms with E-state index in [1.165, 1.54) is 37.8 Å². The van der Waals surface area contributed by atoms with E-state index in [1.54, 1.807) is 0 Å². The molecule has 0 bridgehead atoms. The Bertz CT molecular complexity index is 460. The highest BCUT2D eigenvalue weighted by atomic mass is 16.1. The standard InChI is InChI=1S/C13H20N4O/c1-8(9-3-2-4-9)17-13(10-5-6-10)11(15-16-17)7-12(14)18/h8-10H,2-7H2,1H3,(H2,14,18). The first-order valence-corrected chi connectivity index (χ1v) is 6.89. The van der Waals surface area contributed by atoms with E-state index in [0.29, 0.717) is 12.0 Å². The predicted octanol–water partition coefficient (Wildman–Crippen LogP) is 1.54. The lowest BCUT2D eigenvalue weighted by molar-refractivity contribution is -0.117. The molecule has 1 amide bonds. The van der Waals surface area contributed by atoms with Crippen molar-refractivity contribution in [2.24, 2.45) is 11.7 Å². The van der Waals surface area contributed by atoms with Crippen LogP contribution in [0.1, 0.15) is 62.4 Å². The van der Waals surface area contributed by atoms with Gasteiger partial charge in [0, 0.05) is 5.92 Å². The van der Waals surface area contributed by atoms with Crippen molar-refractivity contribution < 1.29 is 4.79 Å². The van der Waals surface area contributed by atoms with E-state index in [-0.39, 0.29) is 12.3 Å². The van der Waals surface area contributed by atoms with Crippen LogP contribution in [-0.4, -0.2) is 20.9 Å². The van der Waals surface area contributed by atoms with E-state index >= 15 is 0 Å². The van der Waals surface area contributed by atoms with Crippen LogP contribution in [0, 0.1) is 5.92 Å². The Kier molecular flexibility index (Phi) is 2.84. The summed E-state index contributed by atoms with van der Waals surface area (Å²) in [5.41, 5.74) is 7.26. The summed E-state index contributed by atoms with van der Waals surface area (Å²) in [5.74, 6) is 0.961. The number of carbonyl (C=O) groups excluding carboxylic acids is 1. The van der Waals surface area contributed by atoms with Crippen molar-refractivity contribution in [3.63, 3.8) is 0 Å². The molecule has 98 valence electrons. The molecule has 2 aliphatic carbocycles. The Morgan fingerprint density at radius 3 is 2.67 bits per heavy atom. The Hall–Kier alpha value is -1.39. The minimum absolute atomic E-state index is 0.225. The summed E-state index contributed by atoms with van der Waals surface area (Å²) in [4.78, 5) is 11.1. The average Bonchev–Trinajstić information content (AvgIpc) is 2.97. The van der Waals surface area contributed by atoms with Crippen molar-refractivity contribution in [3.8, 4) is 0 Å². The molecule has 2 aliphatic rings. The van der Waals surface area contributed by atoms with Crippen molar-refractivity contribution in [1.29, 1.82) is 0 Å². The first kappa shape index (κ1) is 11.7. The SMILES string of the molecule is CC(C1CCC1)n1nnc(CC(N)=O)c1C1CC1. The number of primary amides is 1. The van der Waals surface area contributed by atoms with E-state index in [2.05, 4.69) is 21.9 Å². The van der Waals surface area contributed by atoms with E-state index in [9.17, 15) is 4.79 Å². The molecule has 2 fully saturated rings. The summed E-state index contributed by atoms with van der Waals surface area (Å²) in [6, 6.07) is 0.406. The number of hydrogen-bond donors (Lipinski definition) is 1. The van der Waals surface area contributed by atoms with Gasteiger partial charge in [0.25, 0.3) is 0 Å². The Morgan fingerprint density at radius 1 is 1.44 bits per heavy atom. The van der Waals surface area contributed by atoms with Gasteiger partial charge >= 0.3 is 0 Å². The molecule has 5 heteroatoms. The number of hydrogen-bond acceptors (Lipinski definition) is 3. The molecule has 1 aromatic heterocycles. The van der Waals surface area contributed by atoms with Gasteiger partial charge in [-0.3, -0.25) is 4.79 Å². The summed E-state index contributed by atoms with van der Waals surface area (Å²) in [6.45, 7) is 2.22. The lowest BCUT2D eigenvalue weighted by atomic mass is 9.80. The van der Waals surface area contributed by atoms with Crippen LogP contribution in [0.25, 0.3) is 0 Å². The maximum absolute atomic E-state index is 11.1. The molecular weight excluding hydrogens is 228 g/mol. The molecule has 5 nitrogen and oxygen atoms in total. The fraction of sp³-hybridized carbons (Fsp3) is 0.769. The average molecular weight is 248 g/mol. The quantitative estimate of drug-likeness (QED) is 0.859. The van der Waals surface area contributed by atoms with E-state index < -0.39 is 0 Å². The van der Waals surface area contributed by atoms with Crippen LogP contribution < -0.4 is 5.73 Å². The van der Waals surface area contributed by atoms with Gasteiger partial charge in [0.15, 0.2) is 0 Å². The molecule has 1 aromatic rings. The van der Waals surface area contributed by atoms with Crippen LogP contribution in [0.2, 0.25) is 0 Å². The van der Waals surface area contributed by atoms with Crippen molar-refractivity contribution in [1.82, 2.24) is 15.0 Å². The molecule has 1 atom stereocenters. The van der Waals surface area contributed by atoms with Crippen LogP contribution in [0.4, 0.5) is 0 Å². The normalized spacial score (nSPS) is 21.6. The first-order chi connectivity index (χ1) is 8.66. The van der Waals surface area contributed by atoms with Gasteiger partial charge < -0.3 is 5.73 Å². The minimum Gasteiger partial charge on any atom is -0.369 e. The highest BCUT2D eigenvalue weighted by molar-refractivity contribution is 5.76. The topological polar surface area (TPSA) is 73.8 Å². The van der Waals surface area contributed by atoms with Gasteiger partial charge in [0.05, 0.1) is 23.9 Å². The number of carbonyl (C=O) groups is 1. The van der Waals surface area contributed by atoms with Crippen molar-refractivity contribution in [3.05, 3.63) is 11.4 Å². The van der Waals surface area contributed by atoms with Gasteiger partial charge in [0.1, 0.15) is 0 Å². The van der Waals surface area contributed by atoms with Crippen LogP contribution >= 0.6 is 0 Å². The lowest BCUT2D eigenvalue weighted by Crippen LogP contribution is -2.25. The fourth-order valence-corrected chi connectivity index (χ4v) is 2.83. The zero-order valence-corrected chi connectivity index (χ0v) is 10.8. The summed E-state index contributed by atoms with van der Waals surface area (Å²) >= 11 is 0. The van der Waals surface area contributed by atoms with Crippen LogP contribution in [0.15, 0.2) is 0 Å². The minimum atomic E-state index is -0.319. The Labute approximate surface area is 107 Å². The van der Waals surface area contributed by atoms with Crippen molar-refractivity contribution in [2.75, 3.05) is 0 Å². The van der Waals surface area contributed by atoms with Gasteiger partial charge in [-0.05, 0) is 38.5 Å².